The molecule has 0 spiro atoms. The van der Waals surface area contributed by atoms with E-state index in [4.69, 9.17) is 25.8 Å². The highest BCUT2D eigenvalue weighted by atomic mass is 35.5. The third-order valence-corrected chi connectivity index (χ3v) is 4.81. The molecule has 28 heavy (non-hydrogen) atoms. The minimum atomic E-state index is -0.132. The van der Waals surface area contributed by atoms with Gasteiger partial charge in [-0.3, -0.25) is 4.79 Å². The molecule has 150 valence electrons. The van der Waals surface area contributed by atoms with Crippen LogP contribution >= 0.6 is 11.6 Å². The van der Waals surface area contributed by atoms with Crippen LogP contribution in [-0.4, -0.2) is 43.7 Å². The molecule has 1 heterocycles. The van der Waals surface area contributed by atoms with E-state index in [-0.39, 0.29) is 12.0 Å². The van der Waals surface area contributed by atoms with Crippen LogP contribution in [0.2, 0.25) is 5.02 Å². The van der Waals surface area contributed by atoms with E-state index >= 15 is 0 Å². The van der Waals surface area contributed by atoms with E-state index < -0.39 is 0 Å². The van der Waals surface area contributed by atoms with Crippen molar-refractivity contribution in [2.24, 2.45) is 0 Å². The summed E-state index contributed by atoms with van der Waals surface area (Å²) in [6.07, 6.45) is 0.727. The highest BCUT2D eigenvalue weighted by molar-refractivity contribution is 6.32. The third kappa shape index (κ3) is 4.78. The fraction of sp³-hybridized carbons (Fsp3) is 0.409. The number of nitrogens with zero attached hydrogens (tertiary/aromatic N) is 1. The Morgan fingerprint density at radius 2 is 2.00 bits per heavy atom. The fourth-order valence-electron chi connectivity index (χ4n) is 3.18. The number of halogens is 1. The zero-order valence-electron chi connectivity index (χ0n) is 16.3. The summed E-state index contributed by atoms with van der Waals surface area (Å²) in [5.41, 5.74) is 1.56. The summed E-state index contributed by atoms with van der Waals surface area (Å²) in [6, 6.07) is 13.3. The van der Waals surface area contributed by atoms with Crippen molar-refractivity contribution in [3.05, 3.63) is 58.6 Å². The van der Waals surface area contributed by atoms with E-state index in [1.807, 2.05) is 44.2 Å². The van der Waals surface area contributed by atoms with Gasteiger partial charge in [-0.1, -0.05) is 48.9 Å². The Hall–Kier alpha value is -2.24. The van der Waals surface area contributed by atoms with E-state index in [2.05, 4.69) is 0 Å². The Morgan fingerprint density at radius 3 is 2.71 bits per heavy atom. The number of hydrogen-bond acceptors (Lipinski definition) is 4. The number of rotatable bonds is 7. The van der Waals surface area contributed by atoms with Gasteiger partial charge in [0.15, 0.2) is 11.5 Å². The Morgan fingerprint density at radius 1 is 1.21 bits per heavy atom. The number of benzene rings is 2. The molecular weight excluding hydrogens is 378 g/mol. The lowest BCUT2D eigenvalue weighted by Gasteiger charge is -2.33. The third-order valence-electron chi connectivity index (χ3n) is 4.53. The first kappa shape index (κ1) is 20.5. The molecule has 0 aliphatic carbocycles. The fourth-order valence-corrected chi connectivity index (χ4v) is 3.45. The van der Waals surface area contributed by atoms with Crippen molar-refractivity contribution in [2.75, 3.05) is 32.9 Å². The molecule has 1 aliphatic heterocycles. The van der Waals surface area contributed by atoms with E-state index in [1.165, 1.54) is 0 Å². The first-order valence-electron chi connectivity index (χ1n) is 9.69. The van der Waals surface area contributed by atoms with Gasteiger partial charge in [0, 0.05) is 12.1 Å². The summed E-state index contributed by atoms with van der Waals surface area (Å²) in [5, 5.41) is 0.385. The maximum atomic E-state index is 13.1. The SMILES string of the molecule is CCCOc1c(Cl)cc(C(=O)N2CCOC(c3ccccc3)C2)cc1OCC. The van der Waals surface area contributed by atoms with E-state index in [0.29, 0.717) is 55.0 Å². The molecular formula is C22H26ClNO4. The van der Waals surface area contributed by atoms with Crippen LogP contribution in [0.15, 0.2) is 42.5 Å². The number of carbonyl (C=O) groups is 1. The molecule has 1 amide bonds. The average molecular weight is 404 g/mol. The summed E-state index contributed by atoms with van der Waals surface area (Å²) >= 11 is 6.41. The normalized spacial score (nSPS) is 16.7. The van der Waals surface area contributed by atoms with Gasteiger partial charge >= 0.3 is 0 Å². The molecule has 5 nitrogen and oxygen atoms in total. The van der Waals surface area contributed by atoms with Gasteiger partial charge < -0.3 is 19.1 Å². The van der Waals surface area contributed by atoms with Crippen molar-refractivity contribution in [1.29, 1.82) is 0 Å². The summed E-state index contributed by atoms with van der Waals surface area (Å²) in [6.45, 7) is 6.44. The maximum Gasteiger partial charge on any atom is 0.254 e. The molecule has 1 saturated heterocycles. The van der Waals surface area contributed by atoms with Crippen LogP contribution in [0.1, 0.15) is 42.3 Å². The van der Waals surface area contributed by atoms with E-state index in [0.717, 1.165) is 12.0 Å². The maximum absolute atomic E-state index is 13.1. The molecule has 0 saturated carbocycles. The van der Waals surface area contributed by atoms with Crippen LogP contribution in [0.4, 0.5) is 0 Å². The van der Waals surface area contributed by atoms with Crippen molar-refractivity contribution < 1.29 is 19.0 Å². The lowest BCUT2D eigenvalue weighted by molar-refractivity contribution is -0.0228. The van der Waals surface area contributed by atoms with Crippen molar-refractivity contribution in [1.82, 2.24) is 4.90 Å². The largest absolute Gasteiger partial charge is 0.490 e. The topological polar surface area (TPSA) is 48.0 Å². The van der Waals surface area contributed by atoms with Crippen LogP contribution in [0.25, 0.3) is 0 Å². The number of ether oxygens (including phenoxy) is 3. The predicted molar refractivity (Wildman–Crippen MR) is 109 cm³/mol. The molecule has 0 N–H and O–H groups in total. The highest BCUT2D eigenvalue weighted by Crippen LogP contribution is 2.37. The van der Waals surface area contributed by atoms with Gasteiger partial charge in [-0.25, -0.2) is 0 Å². The smallest absolute Gasteiger partial charge is 0.254 e. The zero-order chi connectivity index (χ0) is 19.9. The number of amides is 1. The quantitative estimate of drug-likeness (QED) is 0.669. The molecule has 0 aromatic heterocycles. The Balaban J connectivity index is 1.81. The molecule has 0 radical (unpaired) electrons. The first-order valence-corrected chi connectivity index (χ1v) is 10.1. The second kappa shape index (κ2) is 9.80. The van der Waals surface area contributed by atoms with Gasteiger partial charge in [0.25, 0.3) is 5.91 Å². The van der Waals surface area contributed by atoms with Gasteiger partial charge in [-0.05, 0) is 31.0 Å². The highest BCUT2D eigenvalue weighted by Gasteiger charge is 2.27. The second-order valence-corrected chi connectivity index (χ2v) is 7.00. The van der Waals surface area contributed by atoms with Crippen molar-refractivity contribution in [3.8, 4) is 11.5 Å². The summed E-state index contributed by atoms with van der Waals surface area (Å²) in [4.78, 5) is 14.9. The lowest BCUT2D eigenvalue weighted by atomic mass is 10.1. The van der Waals surface area contributed by atoms with E-state index in [1.54, 1.807) is 17.0 Å². The average Bonchev–Trinajstić information content (AvgIpc) is 2.73. The van der Waals surface area contributed by atoms with Crippen LogP contribution in [0, 0.1) is 0 Å². The summed E-state index contributed by atoms with van der Waals surface area (Å²) in [5.74, 6) is 0.903. The number of hydrogen-bond donors (Lipinski definition) is 0. The van der Waals surface area contributed by atoms with Gasteiger partial charge in [0.1, 0.15) is 6.10 Å². The Labute approximate surface area is 171 Å². The van der Waals surface area contributed by atoms with E-state index in [9.17, 15) is 4.79 Å². The Bertz CT molecular complexity index is 797. The van der Waals surface area contributed by atoms with Crippen LogP contribution in [-0.2, 0) is 4.74 Å². The van der Waals surface area contributed by atoms with Gasteiger partial charge in [0.05, 0.1) is 31.4 Å². The van der Waals surface area contributed by atoms with Crippen molar-refractivity contribution >= 4 is 17.5 Å². The molecule has 2 aromatic carbocycles. The van der Waals surface area contributed by atoms with Crippen LogP contribution < -0.4 is 9.47 Å². The van der Waals surface area contributed by atoms with Gasteiger partial charge in [-0.2, -0.15) is 0 Å². The molecule has 6 heteroatoms. The molecule has 1 fully saturated rings. The first-order chi connectivity index (χ1) is 13.6. The number of carbonyl (C=O) groups excluding carboxylic acids is 1. The number of morpholine rings is 1. The lowest BCUT2D eigenvalue weighted by Crippen LogP contribution is -2.42. The zero-order valence-corrected chi connectivity index (χ0v) is 17.1. The van der Waals surface area contributed by atoms with Crippen molar-refractivity contribution in [2.45, 2.75) is 26.4 Å². The second-order valence-electron chi connectivity index (χ2n) is 6.59. The van der Waals surface area contributed by atoms with Gasteiger partial charge in [-0.15, -0.1) is 0 Å². The van der Waals surface area contributed by atoms with Crippen LogP contribution in [0.5, 0.6) is 11.5 Å². The molecule has 2 aromatic rings. The minimum Gasteiger partial charge on any atom is -0.490 e. The summed E-state index contributed by atoms with van der Waals surface area (Å²) < 4.78 is 17.3. The molecule has 0 bridgehead atoms. The standard InChI is InChI=1S/C22H26ClNO4/c1-3-11-28-21-18(23)13-17(14-19(21)26-4-2)22(25)24-10-12-27-20(15-24)16-8-6-5-7-9-16/h5-9,13-14,20H,3-4,10-12,15H2,1-2H3. The van der Waals surface area contributed by atoms with Crippen molar-refractivity contribution in [3.63, 3.8) is 0 Å². The molecule has 3 rings (SSSR count). The molecule has 1 aliphatic rings. The Kier molecular flexibility index (Phi) is 7.18. The molecule has 1 atom stereocenters. The minimum absolute atomic E-state index is 0.0888. The molecule has 1 unspecified atom stereocenters. The summed E-state index contributed by atoms with van der Waals surface area (Å²) in [7, 11) is 0. The van der Waals surface area contributed by atoms with Gasteiger partial charge in [0.2, 0.25) is 0 Å². The predicted octanol–water partition coefficient (Wildman–Crippen LogP) is 4.74. The van der Waals surface area contributed by atoms with Crippen LogP contribution in [0.3, 0.4) is 0 Å². The monoisotopic (exact) mass is 403 g/mol.